The van der Waals surface area contributed by atoms with Crippen molar-refractivity contribution in [1.29, 1.82) is 5.26 Å². The number of para-hydroxylation sites is 1. The van der Waals surface area contributed by atoms with Gasteiger partial charge in [0.15, 0.2) is 0 Å². The van der Waals surface area contributed by atoms with Crippen molar-refractivity contribution in [2.24, 2.45) is 0 Å². The van der Waals surface area contributed by atoms with Crippen molar-refractivity contribution in [1.82, 2.24) is 0 Å². The van der Waals surface area contributed by atoms with Crippen LogP contribution in [0.15, 0.2) is 66.7 Å². The summed E-state index contributed by atoms with van der Waals surface area (Å²) in [5, 5.41) is 18.0. The van der Waals surface area contributed by atoms with E-state index in [4.69, 9.17) is 0 Å². The molecule has 0 aromatic heterocycles. The van der Waals surface area contributed by atoms with Gasteiger partial charge in [-0.1, -0.05) is 42.5 Å². The molecule has 0 aliphatic carbocycles. The number of sulfonamides is 1. The molecule has 0 radical (unpaired) electrons. The van der Waals surface area contributed by atoms with Gasteiger partial charge in [-0.25, -0.2) is 13.2 Å². The SMILES string of the molecule is CC(C)S(=O)(=O)Nc1ccccc1-c1ccc(-c2cc(C(=O)O)ccc2C#N)cc1. The molecule has 0 fully saturated rings. The molecule has 2 N–H and O–H groups in total. The Bertz CT molecular complexity index is 1240. The minimum atomic E-state index is -3.50. The molecular weight excluding hydrogens is 400 g/mol. The third kappa shape index (κ3) is 4.34. The predicted octanol–water partition coefficient (Wildman–Crippen LogP) is 4.74. The average Bonchev–Trinajstić information content (AvgIpc) is 2.73. The first kappa shape index (κ1) is 21.1. The summed E-state index contributed by atoms with van der Waals surface area (Å²) in [6, 6.07) is 20.7. The lowest BCUT2D eigenvalue weighted by Gasteiger charge is -2.15. The van der Waals surface area contributed by atoms with Crippen LogP contribution in [-0.2, 0) is 10.0 Å². The molecule has 7 heteroatoms. The van der Waals surface area contributed by atoms with Crippen molar-refractivity contribution < 1.29 is 18.3 Å². The second-order valence-electron chi connectivity index (χ2n) is 7.00. The summed E-state index contributed by atoms with van der Waals surface area (Å²) in [5.41, 5.74) is 3.67. The van der Waals surface area contributed by atoms with E-state index in [2.05, 4.69) is 10.8 Å². The number of nitriles is 1. The van der Waals surface area contributed by atoms with E-state index < -0.39 is 21.2 Å². The van der Waals surface area contributed by atoms with Gasteiger partial charge in [-0.2, -0.15) is 5.26 Å². The van der Waals surface area contributed by atoms with E-state index in [9.17, 15) is 23.6 Å². The number of hydrogen-bond acceptors (Lipinski definition) is 4. The molecule has 0 aliphatic rings. The second kappa shape index (κ2) is 8.39. The van der Waals surface area contributed by atoms with Gasteiger partial charge in [0.25, 0.3) is 0 Å². The van der Waals surface area contributed by atoms with Gasteiger partial charge in [-0.15, -0.1) is 0 Å². The van der Waals surface area contributed by atoms with Crippen LogP contribution in [0.3, 0.4) is 0 Å². The molecule has 0 unspecified atom stereocenters. The van der Waals surface area contributed by atoms with Crippen molar-refractivity contribution in [2.75, 3.05) is 4.72 Å². The zero-order valence-corrected chi connectivity index (χ0v) is 17.3. The van der Waals surface area contributed by atoms with Crippen LogP contribution in [0.2, 0.25) is 0 Å². The van der Waals surface area contributed by atoms with E-state index in [1.165, 1.54) is 18.2 Å². The van der Waals surface area contributed by atoms with Crippen LogP contribution in [0.5, 0.6) is 0 Å². The summed E-state index contributed by atoms with van der Waals surface area (Å²) < 4.78 is 27.2. The van der Waals surface area contributed by atoms with Crippen LogP contribution in [0.1, 0.15) is 29.8 Å². The summed E-state index contributed by atoms with van der Waals surface area (Å²) in [5.74, 6) is -1.07. The monoisotopic (exact) mass is 420 g/mol. The van der Waals surface area contributed by atoms with Crippen molar-refractivity contribution >= 4 is 21.7 Å². The van der Waals surface area contributed by atoms with Crippen molar-refractivity contribution in [3.63, 3.8) is 0 Å². The van der Waals surface area contributed by atoms with Gasteiger partial charge >= 0.3 is 5.97 Å². The second-order valence-corrected chi connectivity index (χ2v) is 9.23. The third-order valence-corrected chi connectivity index (χ3v) is 6.44. The fourth-order valence-corrected chi connectivity index (χ4v) is 3.66. The smallest absolute Gasteiger partial charge is 0.335 e. The van der Waals surface area contributed by atoms with Crippen LogP contribution in [0.25, 0.3) is 22.3 Å². The number of carboxylic acid groups (broad SMARTS) is 1. The zero-order valence-electron chi connectivity index (χ0n) is 16.5. The molecule has 3 aromatic carbocycles. The highest BCUT2D eigenvalue weighted by Gasteiger charge is 2.18. The molecule has 0 bridgehead atoms. The highest BCUT2D eigenvalue weighted by atomic mass is 32.2. The Morgan fingerprint density at radius 3 is 2.13 bits per heavy atom. The Balaban J connectivity index is 2.02. The van der Waals surface area contributed by atoms with E-state index in [-0.39, 0.29) is 5.56 Å². The van der Waals surface area contributed by atoms with Gasteiger partial charge in [0, 0.05) is 11.1 Å². The Kier molecular flexibility index (Phi) is 5.90. The number of anilines is 1. The third-order valence-electron chi connectivity index (χ3n) is 4.69. The first-order valence-electron chi connectivity index (χ1n) is 9.22. The standard InChI is InChI=1S/C23H20N2O4S/c1-15(2)30(28,29)25-22-6-4-3-5-20(22)16-7-9-17(10-8-16)21-13-18(23(26)27)11-12-19(21)14-24/h3-13,15,25H,1-2H3,(H,26,27). The lowest BCUT2D eigenvalue weighted by Crippen LogP contribution is -2.22. The molecule has 3 aromatic rings. The van der Waals surface area contributed by atoms with E-state index >= 15 is 0 Å². The lowest BCUT2D eigenvalue weighted by atomic mass is 9.95. The van der Waals surface area contributed by atoms with Crippen molar-refractivity contribution in [3.05, 3.63) is 77.9 Å². The van der Waals surface area contributed by atoms with E-state index in [0.29, 0.717) is 27.9 Å². The van der Waals surface area contributed by atoms with Gasteiger partial charge in [-0.3, -0.25) is 4.72 Å². The lowest BCUT2D eigenvalue weighted by molar-refractivity contribution is 0.0697. The fourth-order valence-electron chi connectivity index (χ4n) is 2.94. The number of carboxylic acids is 1. The molecule has 0 saturated carbocycles. The molecule has 30 heavy (non-hydrogen) atoms. The van der Waals surface area contributed by atoms with E-state index in [1.807, 2.05) is 24.3 Å². The number of carbonyl (C=O) groups is 1. The summed E-state index contributed by atoms with van der Waals surface area (Å²) in [7, 11) is -3.50. The normalized spacial score (nSPS) is 11.1. The summed E-state index contributed by atoms with van der Waals surface area (Å²) in [6.07, 6.45) is 0. The van der Waals surface area contributed by atoms with Gasteiger partial charge in [0.2, 0.25) is 10.0 Å². The molecule has 0 atom stereocenters. The number of aromatic carboxylic acids is 1. The van der Waals surface area contributed by atoms with Gasteiger partial charge in [-0.05, 0) is 49.2 Å². The van der Waals surface area contributed by atoms with Crippen molar-refractivity contribution in [2.45, 2.75) is 19.1 Å². The van der Waals surface area contributed by atoms with Gasteiger partial charge < -0.3 is 5.11 Å². The van der Waals surface area contributed by atoms with Crippen LogP contribution >= 0.6 is 0 Å². The molecular formula is C23H20N2O4S. The molecule has 0 spiro atoms. The molecule has 3 rings (SSSR count). The first-order valence-corrected chi connectivity index (χ1v) is 10.8. The highest BCUT2D eigenvalue weighted by molar-refractivity contribution is 7.93. The van der Waals surface area contributed by atoms with Gasteiger partial charge in [0.1, 0.15) is 0 Å². The number of rotatable bonds is 6. The molecule has 6 nitrogen and oxygen atoms in total. The maximum Gasteiger partial charge on any atom is 0.335 e. The average molecular weight is 420 g/mol. The Labute approximate surface area is 175 Å². The predicted molar refractivity (Wildman–Crippen MR) is 117 cm³/mol. The quantitative estimate of drug-likeness (QED) is 0.599. The Morgan fingerprint density at radius 1 is 0.967 bits per heavy atom. The number of hydrogen-bond donors (Lipinski definition) is 2. The Morgan fingerprint density at radius 2 is 1.57 bits per heavy atom. The zero-order chi connectivity index (χ0) is 21.9. The first-order chi connectivity index (χ1) is 14.2. The van der Waals surface area contributed by atoms with Crippen LogP contribution in [-0.4, -0.2) is 24.7 Å². The number of benzene rings is 3. The topological polar surface area (TPSA) is 107 Å². The summed E-state index contributed by atoms with van der Waals surface area (Å²) >= 11 is 0. The maximum absolute atomic E-state index is 12.3. The van der Waals surface area contributed by atoms with Crippen LogP contribution in [0.4, 0.5) is 5.69 Å². The summed E-state index contributed by atoms with van der Waals surface area (Å²) in [6.45, 7) is 3.22. The maximum atomic E-state index is 12.3. The fraction of sp³-hybridized carbons (Fsp3) is 0.130. The molecule has 0 amide bonds. The van der Waals surface area contributed by atoms with Crippen LogP contribution < -0.4 is 4.72 Å². The van der Waals surface area contributed by atoms with E-state index in [0.717, 1.165) is 5.56 Å². The molecule has 0 aliphatic heterocycles. The van der Waals surface area contributed by atoms with Crippen LogP contribution in [0, 0.1) is 11.3 Å². The number of nitrogens with zero attached hydrogens (tertiary/aromatic N) is 1. The van der Waals surface area contributed by atoms with Gasteiger partial charge in [0.05, 0.1) is 28.1 Å². The molecule has 152 valence electrons. The largest absolute Gasteiger partial charge is 0.478 e. The summed E-state index contributed by atoms with van der Waals surface area (Å²) in [4.78, 5) is 11.3. The minimum absolute atomic E-state index is 0.0986. The van der Waals surface area contributed by atoms with Crippen molar-refractivity contribution in [3.8, 4) is 28.3 Å². The number of nitrogens with one attached hydrogen (secondary N) is 1. The Hall–Kier alpha value is -3.63. The molecule has 0 saturated heterocycles. The molecule has 0 heterocycles. The highest BCUT2D eigenvalue weighted by Crippen LogP contribution is 2.32. The minimum Gasteiger partial charge on any atom is -0.478 e. The van der Waals surface area contributed by atoms with E-state index in [1.54, 1.807) is 38.1 Å².